The van der Waals surface area contributed by atoms with Crippen LogP contribution >= 0.6 is 0 Å². The Kier molecular flexibility index (Phi) is 4.00. The first kappa shape index (κ1) is 15.7. The van der Waals surface area contributed by atoms with Crippen LogP contribution in [0.4, 0.5) is 11.6 Å². The molecular formula is C18H14N6O2. The molecule has 3 heterocycles. The maximum atomic E-state index is 11.5. The summed E-state index contributed by atoms with van der Waals surface area (Å²) in [4.78, 5) is 24.6. The third-order valence-corrected chi connectivity index (χ3v) is 3.82. The molecule has 0 saturated carbocycles. The van der Waals surface area contributed by atoms with Gasteiger partial charge in [0.2, 0.25) is 5.95 Å². The molecule has 0 bridgehead atoms. The van der Waals surface area contributed by atoms with Crippen LogP contribution in [0.5, 0.6) is 0 Å². The maximum absolute atomic E-state index is 11.5. The van der Waals surface area contributed by atoms with Crippen molar-refractivity contribution < 1.29 is 10.0 Å². The van der Waals surface area contributed by atoms with E-state index in [0.717, 1.165) is 11.3 Å². The smallest absolute Gasteiger partial charge is 0.274 e. The Morgan fingerprint density at radius 2 is 2.00 bits per heavy atom. The van der Waals surface area contributed by atoms with Crippen molar-refractivity contribution in [2.24, 2.45) is 0 Å². The minimum Gasteiger partial charge on any atom is -0.324 e. The van der Waals surface area contributed by atoms with Gasteiger partial charge in [-0.2, -0.15) is 0 Å². The fourth-order valence-electron chi connectivity index (χ4n) is 2.62. The van der Waals surface area contributed by atoms with Crippen molar-refractivity contribution in [3.8, 4) is 11.4 Å². The molecule has 1 amide bonds. The molecule has 4 rings (SSSR count). The van der Waals surface area contributed by atoms with E-state index < -0.39 is 5.91 Å². The molecular weight excluding hydrogens is 332 g/mol. The Morgan fingerprint density at radius 3 is 2.88 bits per heavy atom. The summed E-state index contributed by atoms with van der Waals surface area (Å²) < 4.78 is 1.94. The summed E-state index contributed by atoms with van der Waals surface area (Å²) in [6, 6.07) is 14.2. The number of hydrogen-bond acceptors (Lipinski definition) is 6. The number of amides is 1. The number of hydroxylamine groups is 1. The van der Waals surface area contributed by atoms with Crippen LogP contribution in [0, 0.1) is 0 Å². The van der Waals surface area contributed by atoms with E-state index in [-0.39, 0.29) is 0 Å². The molecule has 0 atom stereocenters. The van der Waals surface area contributed by atoms with Gasteiger partial charge >= 0.3 is 0 Å². The molecule has 0 aliphatic carbocycles. The van der Waals surface area contributed by atoms with Gasteiger partial charge < -0.3 is 5.32 Å². The molecule has 3 aromatic heterocycles. The van der Waals surface area contributed by atoms with Gasteiger partial charge in [-0.3, -0.25) is 14.4 Å². The van der Waals surface area contributed by atoms with Gasteiger partial charge in [-0.1, -0.05) is 12.1 Å². The quantitative estimate of drug-likeness (QED) is 0.388. The van der Waals surface area contributed by atoms with Crippen molar-refractivity contribution in [3.05, 3.63) is 72.7 Å². The molecule has 0 radical (unpaired) electrons. The second-order valence-electron chi connectivity index (χ2n) is 5.48. The molecule has 3 N–H and O–H groups in total. The Balaban J connectivity index is 1.65. The first-order valence-corrected chi connectivity index (χ1v) is 7.81. The first-order valence-electron chi connectivity index (χ1n) is 7.81. The SMILES string of the molecule is O=C(NO)c1cccc(Nc2nccc(-c3cnc4ccccn34)n2)c1. The summed E-state index contributed by atoms with van der Waals surface area (Å²) in [6.45, 7) is 0. The van der Waals surface area contributed by atoms with Gasteiger partial charge in [-0.25, -0.2) is 20.4 Å². The number of carbonyl (C=O) groups is 1. The number of hydrogen-bond donors (Lipinski definition) is 3. The van der Waals surface area contributed by atoms with Gasteiger partial charge in [0.05, 0.1) is 17.6 Å². The Labute approximate surface area is 148 Å². The van der Waals surface area contributed by atoms with E-state index in [4.69, 9.17) is 5.21 Å². The average Bonchev–Trinajstić information content (AvgIpc) is 3.12. The number of benzene rings is 1. The normalized spacial score (nSPS) is 10.7. The number of nitrogens with zero attached hydrogens (tertiary/aromatic N) is 4. The summed E-state index contributed by atoms with van der Waals surface area (Å²) in [6.07, 6.45) is 5.33. The third-order valence-electron chi connectivity index (χ3n) is 3.82. The average molecular weight is 346 g/mol. The topological polar surface area (TPSA) is 104 Å². The molecule has 26 heavy (non-hydrogen) atoms. The molecule has 8 nitrogen and oxygen atoms in total. The van der Waals surface area contributed by atoms with Gasteiger partial charge in [-0.05, 0) is 36.4 Å². The van der Waals surface area contributed by atoms with Crippen LogP contribution in [-0.4, -0.2) is 30.5 Å². The monoisotopic (exact) mass is 346 g/mol. The highest BCUT2D eigenvalue weighted by Gasteiger charge is 2.09. The van der Waals surface area contributed by atoms with Gasteiger partial charge in [-0.15, -0.1) is 0 Å². The van der Waals surface area contributed by atoms with E-state index in [1.54, 1.807) is 48.2 Å². The van der Waals surface area contributed by atoms with Crippen molar-refractivity contribution in [2.45, 2.75) is 0 Å². The molecule has 0 unspecified atom stereocenters. The number of carbonyl (C=O) groups excluding carboxylic acids is 1. The number of anilines is 2. The Bertz CT molecular complexity index is 1090. The maximum Gasteiger partial charge on any atom is 0.274 e. The summed E-state index contributed by atoms with van der Waals surface area (Å²) in [7, 11) is 0. The summed E-state index contributed by atoms with van der Waals surface area (Å²) >= 11 is 0. The second-order valence-corrected chi connectivity index (χ2v) is 5.48. The van der Waals surface area contributed by atoms with E-state index in [9.17, 15) is 4.79 Å². The Morgan fingerprint density at radius 1 is 1.08 bits per heavy atom. The fraction of sp³-hybridized carbons (Fsp3) is 0. The van der Waals surface area contributed by atoms with E-state index in [1.807, 2.05) is 28.8 Å². The fourth-order valence-corrected chi connectivity index (χ4v) is 2.62. The number of pyridine rings is 1. The molecule has 1 aromatic carbocycles. The van der Waals surface area contributed by atoms with Gasteiger partial charge in [0, 0.05) is 23.6 Å². The van der Waals surface area contributed by atoms with Crippen LogP contribution in [0.3, 0.4) is 0 Å². The molecule has 0 saturated heterocycles. The van der Waals surface area contributed by atoms with Crippen LogP contribution < -0.4 is 10.8 Å². The van der Waals surface area contributed by atoms with E-state index in [0.29, 0.717) is 22.9 Å². The lowest BCUT2D eigenvalue weighted by Gasteiger charge is -2.08. The van der Waals surface area contributed by atoms with Crippen molar-refractivity contribution in [1.29, 1.82) is 0 Å². The molecule has 0 aliphatic rings. The zero-order valence-corrected chi connectivity index (χ0v) is 13.5. The van der Waals surface area contributed by atoms with Crippen LogP contribution in [0.2, 0.25) is 0 Å². The predicted octanol–water partition coefficient (Wildman–Crippen LogP) is 2.65. The molecule has 8 heteroatoms. The molecule has 0 fully saturated rings. The minimum absolute atomic E-state index is 0.315. The van der Waals surface area contributed by atoms with Crippen molar-refractivity contribution in [1.82, 2.24) is 24.8 Å². The highest BCUT2D eigenvalue weighted by Crippen LogP contribution is 2.21. The number of fused-ring (bicyclic) bond motifs is 1. The largest absolute Gasteiger partial charge is 0.324 e. The number of imidazole rings is 1. The third kappa shape index (κ3) is 2.96. The lowest BCUT2D eigenvalue weighted by molar-refractivity contribution is 0.0706. The van der Waals surface area contributed by atoms with Crippen molar-refractivity contribution in [3.63, 3.8) is 0 Å². The van der Waals surface area contributed by atoms with E-state index in [1.165, 1.54) is 0 Å². The molecule has 4 aromatic rings. The van der Waals surface area contributed by atoms with Gasteiger partial charge in [0.15, 0.2) is 0 Å². The first-order chi connectivity index (χ1) is 12.7. The van der Waals surface area contributed by atoms with Crippen LogP contribution in [0.15, 0.2) is 67.1 Å². The highest BCUT2D eigenvalue weighted by molar-refractivity contribution is 5.94. The number of aromatic nitrogens is 4. The van der Waals surface area contributed by atoms with Crippen LogP contribution in [0.25, 0.3) is 17.0 Å². The van der Waals surface area contributed by atoms with Crippen molar-refractivity contribution in [2.75, 3.05) is 5.32 Å². The minimum atomic E-state index is -0.589. The Hall–Kier alpha value is -3.78. The molecule has 0 spiro atoms. The molecule has 128 valence electrons. The lowest BCUT2D eigenvalue weighted by Crippen LogP contribution is -2.18. The summed E-state index contributed by atoms with van der Waals surface area (Å²) in [5, 5.41) is 11.8. The van der Waals surface area contributed by atoms with Crippen LogP contribution in [0.1, 0.15) is 10.4 Å². The van der Waals surface area contributed by atoms with Gasteiger partial charge in [0.25, 0.3) is 5.91 Å². The number of nitrogens with one attached hydrogen (secondary N) is 2. The highest BCUT2D eigenvalue weighted by atomic mass is 16.5. The van der Waals surface area contributed by atoms with E-state index >= 15 is 0 Å². The zero-order chi connectivity index (χ0) is 17.9. The molecule has 0 aliphatic heterocycles. The van der Waals surface area contributed by atoms with Crippen LogP contribution in [-0.2, 0) is 0 Å². The summed E-state index contributed by atoms with van der Waals surface area (Å²) in [5.41, 5.74) is 4.94. The summed E-state index contributed by atoms with van der Waals surface area (Å²) in [5.74, 6) is -0.205. The predicted molar refractivity (Wildman–Crippen MR) is 95.2 cm³/mol. The second kappa shape index (κ2) is 6.61. The standard InChI is InChI=1S/C18H14N6O2/c25-17(23-26)12-4-3-5-13(10-12)21-18-19-8-7-14(22-18)15-11-20-16-6-1-2-9-24(15)16/h1-11,26H,(H,23,25)(H,19,21,22). The van der Waals surface area contributed by atoms with Crippen molar-refractivity contribution >= 4 is 23.2 Å². The zero-order valence-electron chi connectivity index (χ0n) is 13.5. The number of rotatable bonds is 4. The van der Waals surface area contributed by atoms with Gasteiger partial charge in [0.1, 0.15) is 5.65 Å². The lowest BCUT2D eigenvalue weighted by atomic mass is 10.2. The van der Waals surface area contributed by atoms with E-state index in [2.05, 4.69) is 20.3 Å².